The third-order valence-electron chi connectivity index (χ3n) is 6.97. The molecule has 2 fully saturated rings. The van der Waals surface area contributed by atoms with Crippen LogP contribution < -0.4 is 0 Å². The first kappa shape index (κ1) is 22.9. The number of hydrogen-bond acceptors (Lipinski definition) is 4. The van der Waals surface area contributed by atoms with Crippen LogP contribution >= 0.6 is 0 Å². The van der Waals surface area contributed by atoms with Gasteiger partial charge in [0.05, 0.1) is 5.71 Å². The summed E-state index contributed by atoms with van der Waals surface area (Å²) in [5.74, 6) is 0. The van der Waals surface area contributed by atoms with Gasteiger partial charge in [-0.05, 0) is 35.6 Å². The fourth-order valence-electron chi connectivity index (χ4n) is 4.41. The number of nitrogens with zero attached hydrogens (tertiary/aromatic N) is 4. The molecule has 1 saturated carbocycles. The second-order valence-corrected chi connectivity index (χ2v) is 9.62. The molecule has 0 spiro atoms. The lowest BCUT2D eigenvalue weighted by Gasteiger charge is -2.40. The first-order valence-electron chi connectivity index (χ1n) is 11.8. The van der Waals surface area contributed by atoms with Gasteiger partial charge in [-0.15, -0.1) is 0 Å². The van der Waals surface area contributed by atoms with Gasteiger partial charge in [0.15, 0.2) is 0 Å². The molecule has 0 unspecified atom stereocenters. The second-order valence-electron chi connectivity index (χ2n) is 9.62. The fourth-order valence-corrected chi connectivity index (χ4v) is 4.41. The maximum absolute atomic E-state index is 4.48. The zero-order chi connectivity index (χ0) is 23.6. The van der Waals surface area contributed by atoms with Crippen molar-refractivity contribution in [3.05, 3.63) is 91.2 Å². The van der Waals surface area contributed by atoms with Crippen LogP contribution in [0.4, 0.5) is 0 Å². The number of piperazine rings is 1. The fraction of sp³-hybridized carbons (Fsp3) is 0.345. The molecule has 0 amide bonds. The molecule has 2 aliphatic rings. The molecule has 0 N–H and O–H groups in total. The summed E-state index contributed by atoms with van der Waals surface area (Å²) in [7, 11) is 3.83. The summed E-state index contributed by atoms with van der Waals surface area (Å²) >= 11 is 0. The molecular weight excluding hydrogens is 404 g/mol. The summed E-state index contributed by atoms with van der Waals surface area (Å²) < 4.78 is 0. The normalized spacial score (nSPS) is 17.5. The molecule has 1 aliphatic heterocycles. The Morgan fingerprint density at radius 1 is 0.848 bits per heavy atom. The van der Waals surface area contributed by atoms with E-state index in [-0.39, 0.29) is 0 Å². The van der Waals surface area contributed by atoms with Crippen molar-refractivity contribution < 1.29 is 0 Å². The summed E-state index contributed by atoms with van der Waals surface area (Å²) in [6, 6.07) is 17.2. The van der Waals surface area contributed by atoms with Crippen LogP contribution in [0, 0.1) is 5.41 Å². The van der Waals surface area contributed by atoms with Crippen molar-refractivity contribution in [1.29, 1.82) is 0 Å². The standard InChI is InChI=1S/C29H36N4/c1-7-28(30-31(5)6)27-14-12-26(13-15-27)25-10-8-24(9-11-25)22(2)32-18-20-33(21-19-32)23(3)29(4)16-17-29/h7-15H,1-3,16-21H2,4-6H3/b30-28+. The minimum atomic E-state index is 0.361. The lowest BCUT2D eigenvalue weighted by molar-refractivity contribution is 0.196. The highest BCUT2D eigenvalue weighted by Gasteiger charge is 2.42. The Kier molecular flexibility index (Phi) is 6.46. The van der Waals surface area contributed by atoms with Crippen LogP contribution in [-0.2, 0) is 0 Å². The minimum absolute atomic E-state index is 0.361. The van der Waals surface area contributed by atoms with Gasteiger partial charge in [-0.2, -0.15) is 5.10 Å². The monoisotopic (exact) mass is 440 g/mol. The van der Waals surface area contributed by atoms with E-state index < -0.39 is 0 Å². The maximum atomic E-state index is 4.48. The van der Waals surface area contributed by atoms with E-state index in [1.54, 1.807) is 11.1 Å². The van der Waals surface area contributed by atoms with Crippen molar-refractivity contribution in [1.82, 2.24) is 14.8 Å². The van der Waals surface area contributed by atoms with Gasteiger partial charge in [-0.25, -0.2) is 0 Å². The van der Waals surface area contributed by atoms with Crippen LogP contribution in [-0.4, -0.2) is 60.8 Å². The maximum Gasteiger partial charge on any atom is 0.0897 e. The summed E-state index contributed by atoms with van der Waals surface area (Å²) in [5.41, 5.74) is 8.29. The number of hydrazone groups is 1. The molecule has 2 aromatic carbocycles. The van der Waals surface area contributed by atoms with Crippen LogP contribution in [0.5, 0.6) is 0 Å². The van der Waals surface area contributed by atoms with Crippen molar-refractivity contribution in [2.75, 3.05) is 40.3 Å². The van der Waals surface area contributed by atoms with Crippen molar-refractivity contribution in [3.63, 3.8) is 0 Å². The lowest BCUT2D eigenvalue weighted by Crippen LogP contribution is -2.45. The van der Waals surface area contributed by atoms with Gasteiger partial charge in [0.1, 0.15) is 0 Å². The van der Waals surface area contributed by atoms with Gasteiger partial charge in [0.25, 0.3) is 0 Å². The number of rotatable bonds is 8. The summed E-state index contributed by atoms with van der Waals surface area (Å²) in [6.07, 6.45) is 4.36. The summed E-state index contributed by atoms with van der Waals surface area (Å²) in [4.78, 5) is 4.88. The molecule has 1 heterocycles. The average Bonchev–Trinajstić information content (AvgIpc) is 3.60. The number of allylic oxidation sites excluding steroid dienone is 2. The van der Waals surface area contributed by atoms with Crippen LogP contribution in [0.15, 0.2) is 85.1 Å². The van der Waals surface area contributed by atoms with Crippen LogP contribution in [0.2, 0.25) is 0 Å². The zero-order valence-electron chi connectivity index (χ0n) is 20.3. The second kappa shape index (κ2) is 9.30. The molecule has 2 aromatic rings. The quantitative estimate of drug-likeness (QED) is 0.388. The van der Waals surface area contributed by atoms with Gasteiger partial charge < -0.3 is 14.8 Å². The Morgan fingerprint density at radius 3 is 1.79 bits per heavy atom. The van der Waals surface area contributed by atoms with E-state index in [0.29, 0.717) is 5.41 Å². The Bertz CT molecular complexity index is 1050. The molecular formula is C29H36N4. The van der Waals surface area contributed by atoms with Crippen LogP contribution in [0.1, 0.15) is 30.9 Å². The van der Waals surface area contributed by atoms with E-state index in [1.807, 2.05) is 14.1 Å². The number of hydrogen-bond donors (Lipinski definition) is 0. The Hall–Kier alpha value is -3.27. The molecule has 4 heteroatoms. The van der Waals surface area contributed by atoms with E-state index in [4.69, 9.17) is 0 Å². The number of benzene rings is 2. The molecule has 1 saturated heterocycles. The molecule has 4 nitrogen and oxygen atoms in total. The predicted octanol–water partition coefficient (Wildman–Crippen LogP) is 5.71. The molecule has 33 heavy (non-hydrogen) atoms. The van der Waals surface area contributed by atoms with Crippen molar-refractivity contribution >= 4 is 11.4 Å². The smallest absolute Gasteiger partial charge is 0.0897 e. The van der Waals surface area contributed by atoms with Gasteiger partial charge in [-0.3, -0.25) is 0 Å². The van der Waals surface area contributed by atoms with Crippen LogP contribution in [0.25, 0.3) is 16.8 Å². The largest absolute Gasteiger partial charge is 0.371 e. The Labute approximate surface area is 199 Å². The van der Waals surface area contributed by atoms with Crippen molar-refractivity contribution in [2.24, 2.45) is 10.5 Å². The van der Waals surface area contributed by atoms with E-state index in [9.17, 15) is 0 Å². The van der Waals surface area contributed by atoms with Gasteiger partial charge >= 0.3 is 0 Å². The first-order chi connectivity index (χ1) is 15.8. The molecule has 0 radical (unpaired) electrons. The SMILES string of the molecule is C=C/C(=N\N(C)C)c1ccc(-c2ccc(C(=C)N3CCN(C(=C)C4(C)CC4)CC3)cc2)cc1. The summed E-state index contributed by atoms with van der Waals surface area (Å²) in [6.45, 7) is 19.1. The first-order valence-corrected chi connectivity index (χ1v) is 11.8. The zero-order valence-corrected chi connectivity index (χ0v) is 20.3. The van der Waals surface area contributed by atoms with E-state index in [1.165, 1.54) is 35.2 Å². The third kappa shape index (κ3) is 5.05. The van der Waals surface area contributed by atoms with Gasteiger partial charge in [0, 0.05) is 62.6 Å². The Morgan fingerprint density at radius 2 is 1.33 bits per heavy atom. The molecule has 172 valence electrons. The molecule has 1 aliphatic carbocycles. The third-order valence-corrected chi connectivity index (χ3v) is 6.97. The van der Waals surface area contributed by atoms with Crippen LogP contribution in [0.3, 0.4) is 0 Å². The topological polar surface area (TPSA) is 22.1 Å². The molecule has 0 bridgehead atoms. The van der Waals surface area contributed by atoms with E-state index in [0.717, 1.165) is 43.2 Å². The highest BCUT2D eigenvalue weighted by atomic mass is 15.4. The van der Waals surface area contributed by atoms with Gasteiger partial charge in [0.2, 0.25) is 0 Å². The van der Waals surface area contributed by atoms with E-state index in [2.05, 4.69) is 90.1 Å². The van der Waals surface area contributed by atoms with Gasteiger partial charge in [-0.1, -0.05) is 75.2 Å². The van der Waals surface area contributed by atoms with Crippen molar-refractivity contribution in [2.45, 2.75) is 19.8 Å². The minimum Gasteiger partial charge on any atom is -0.371 e. The summed E-state index contributed by atoms with van der Waals surface area (Å²) in [5, 5.41) is 6.27. The average molecular weight is 441 g/mol. The van der Waals surface area contributed by atoms with E-state index >= 15 is 0 Å². The Balaban J connectivity index is 1.38. The predicted molar refractivity (Wildman–Crippen MR) is 141 cm³/mol. The highest BCUT2D eigenvalue weighted by Crippen LogP contribution is 2.51. The molecule has 0 atom stereocenters. The molecule has 0 aromatic heterocycles. The molecule has 4 rings (SSSR count). The lowest BCUT2D eigenvalue weighted by atomic mass is 10.00. The highest BCUT2D eigenvalue weighted by molar-refractivity contribution is 6.08. The van der Waals surface area contributed by atoms with Crippen molar-refractivity contribution in [3.8, 4) is 11.1 Å².